The SMILES string of the molecule is C[C@@]1(O)CCN(C(=O)c2cncnc2)C[C@H]1Oc1cccc(F)c1. The number of nitrogens with zero attached hydrogens (tertiary/aromatic N) is 3. The van der Waals surface area contributed by atoms with Gasteiger partial charge in [0.15, 0.2) is 0 Å². The number of amides is 1. The zero-order valence-corrected chi connectivity index (χ0v) is 13.2. The summed E-state index contributed by atoms with van der Waals surface area (Å²) in [7, 11) is 0. The number of rotatable bonds is 3. The molecule has 7 heteroatoms. The van der Waals surface area contributed by atoms with Crippen LogP contribution in [0.25, 0.3) is 0 Å². The number of benzene rings is 1. The number of hydrogen-bond donors (Lipinski definition) is 1. The van der Waals surface area contributed by atoms with Crippen LogP contribution >= 0.6 is 0 Å². The first-order chi connectivity index (χ1) is 11.5. The Kier molecular flexibility index (Phi) is 4.44. The van der Waals surface area contributed by atoms with Crippen molar-refractivity contribution in [3.63, 3.8) is 0 Å². The van der Waals surface area contributed by atoms with E-state index in [1.807, 2.05) is 0 Å². The van der Waals surface area contributed by atoms with Crippen LogP contribution in [0.3, 0.4) is 0 Å². The molecule has 1 fully saturated rings. The van der Waals surface area contributed by atoms with Crippen molar-refractivity contribution in [2.75, 3.05) is 13.1 Å². The van der Waals surface area contributed by atoms with Crippen molar-refractivity contribution >= 4 is 5.91 Å². The Balaban J connectivity index is 1.76. The van der Waals surface area contributed by atoms with E-state index in [4.69, 9.17) is 4.74 Å². The average molecular weight is 331 g/mol. The molecule has 2 aromatic rings. The Morgan fingerprint density at radius 1 is 1.42 bits per heavy atom. The standard InChI is InChI=1S/C17H18FN3O3/c1-17(23)5-6-21(16(22)12-8-19-11-20-9-12)10-15(17)24-14-4-2-3-13(18)7-14/h2-4,7-9,11,15,23H,5-6,10H2,1H3/t15-,17-/m1/s1. The number of piperidine rings is 1. The Bertz CT molecular complexity index is 724. The second kappa shape index (κ2) is 6.52. The summed E-state index contributed by atoms with van der Waals surface area (Å²) in [6.45, 7) is 2.24. The molecular weight excluding hydrogens is 313 g/mol. The van der Waals surface area contributed by atoms with Crippen LogP contribution in [0.2, 0.25) is 0 Å². The largest absolute Gasteiger partial charge is 0.485 e. The summed E-state index contributed by atoms with van der Waals surface area (Å²) in [6, 6.07) is 5.72. The van der Waals surface area contributed by atoms with E-state index >= 15 is 0 Å². The summed E-state index contributed by atoms with van der Waals surface area (Å²) in [4.78, 5) is 21.8. The minimum absolute atomic E-state index is 0.192. The van der Waals surface area contributed by atoms with Crippen LogP contribution in [0.15, 0.2) is 43.0 Å². The summed E-state index contributed by atoms with van der Waals surface area (Å²) in [5.41, 5.74) is -0.737. The second-order valence-electron chi connectivity index (χ2n) is 6.05. The third kappa shape index (κ3) is 3.51. The molecule has 126 valence electrons. The highest BCUT2D eigenvalue weighted by atomic mass is 19.1. The van der Waals surface area contributed by atoms with Gasteiger partial charge in [0.1, 0.15) is 29.6 Å². The first kappa shape index (κ1) is 16.3. The first-order valence-corrected chi connectivity index (χ1v) is 7.64. The predicted molar refractivity (Wildman–Crippen MR) is 84.0 cm³/mol. The molecular formula is C17H18FN3O3. The van der Waals surface area contributed by atoms with Gasteiger partial charge in [0.2, 0.25) is 0 Å². The highest BCUT2D eigenvalue weighted by Gasteiger charge is 2.41. The van der Waals surface area contributed by atoms with E-state index in [9.17, 15) is 14.3 Å². The van der Waals surface area contributed by atoms with Crippen molar-refractivity contribution in [1.82, 2.24) is 14.9 Å². The highest BCUT2D eigenvalue weighted by molar-refractivity contribution is 5.93. The van der Waals surface area contributed by atoms with Gasteiger partial charge in [-0.2, -0.15) is 0 Å². The van der Waals surface area contributed by atoms with E-state index in [0.717, 1.165) is 0 Å². The number of carbonyl (C=O) groups is 1. The van der Waals surface area contributed by atoms with Crippen LogP contribution in [0.5, 0.6) is 5.75 Å². The van der Waals surface area contributed by atoms with E-state index in [1.54, 1.807) is 17.9 Å². The normalized spacial score (nSPS) is 23.8. The molecule has 0 radical (unpaired) electrons. The third-order valence-corrected chi connectivity index (χ3v) is 4.14. The van der Waals surface area contributed by atoms with E-state index in [1.165, 1.54) is 36.9 Å². The molecule has 0 bridgehead atoms. The smallest absolute Gasteiger partial charge is 0.257 e. The number of carbonyl (C=O) groups excluding carboxylic acids is 1. The number of hydrogen-bond acceptors (Lipinski definition) is 5. The van der Waals surface area contributed by atoms with Crippen LogP contribution in [-0.2, 0) is 0 Å². The fourth-order valence-corrected chi connectivity index (χ4v) is 2.66. The Labute approximate surface area is 138 Å². The van der Waals surface area contributed by atoms with E-state index < -0.39 is 17.5 Å². The molecule has 6 nitrogen and oxygen atoms in total. The number of halogens is 1. The average Bonchev–Trinajstić information content (AvgIpc) is 2.57. The molecule has 2 heterocycles. The van der Waals surface area contributed by atoms with E-state index in [-0.39, 0.29) is 12.5 Å². The molecule has 1 aliphatic heterocycles. The lowest BCUT2D eigenvalue weighted by Crippen LogP contribution is -2.57. The van der Waals surface area contributed by atoms with Gasteiger partial charge in [0.25, 0.3) is 5.91 Å². The summed E-state index contributed by atoms with van der Waals surface area (Å²) in [6.07, 6.45) is 3.94. The van der Waals surface area contributed by atoms with E-state index in [2.05, 4.69) is 9.97 Å². The molecule has 0 saturated carbocycles. The van der Waals surface area contributed by atoms with Crippen molar-refractivity contribution in [3.8, 4) is 5.75 Å². The lowest BCUT2D eigenvalue weighted by atomic mass is 9.90. The predicted octanol–water partition coefficient (Wildman–Crippen LogP) is 1.66. The van der Waals surface area contributed by atoms with Gasteiger partial charge in [-0.25, -0.2) is 14.4 Å². The van der Waals surface area contributed by atoms with Gasteiger partial charge in [-0.1, -0.05) is 6.07 Å². The van der Waals surface area contributed by atoms with Gasteiger partial charge in [0.05, 0.1) is 12.1 Å². The fraction of sp³-hybridized carbons (Fsp3) is 0.353. The van der Waals surface area contributed by atoms with Crippen molar-refractivity contribution in [1.29, 1.82) is 0 Å². The quantitative estimate of drug-likeness (QED) is 0.926. The monoisotopic (exact) mass is 331 g/mol. The number of ether oxygens (including phenoxy) is 1. The Hall–Kier alpha value is -2.54. The topological polar surface area (TPSA) is 75.5 Å². The zero-order valence-electron chi connectivity index (χ0n) is 13.2. The maximum absolute atomic E-state index is 13.3. The molecule has 1 saturated heterocycles. The summed E-state index contributed by atoms with van der Waals surface area (Å²) < 4.78 is 19.1. The highest BCUT2D eigenvalue weighted by Crippen LogP contribution is 2.27. The third-order valence-electron chi connectivity index (χ3n) is 4.14. The molecule has 24 heavy (non-hydrogen) atoms. The first-order valence-electron chi connectivity index (χ1n) is 7.64. The maximum atomic E-state index is 13.3. The van der Waals surface area contributed by atoms with Gasteiger partial charge in [-0.05, 0) is 25.5 Å². The molecule has 3 rings (SSSR count). The van der Waals surface area contributed by atoms with Gasteiger partial charge in [-0.15, -0.1) is 0 Å². The molecule has 0 unspecified atom stereocenters. The van der Waals surface area contributed by atoms with Gasteiger partial charge >= 0.3 is 0 Å². The minimum Gasteiger partial charge on any atom is -0.485 e. The van der Waals surface area contributed by atoms with Crippen LogP contribution in [0.1, 0.15) is 23.7 Å². The molecule has 1 N–H and O–H groups in total. The molecule has 1 aliphatic rings. The summed E-state index contributed by atoms with van der Waals surface area (Å²) in [5, 5.41) is 10.6. The van der Waals surface area contributed by atoms with Crippen molar-refractivity contribution in [2.24, 2.45) is 0 Å². The van der Waals surface area contributed by atoms with Crippen LogP contribution in [0, 0.1) is 5.82 Å². The van der Waals surface area contributed by atoms with Crippen molar-refractivity contribution in [2.45, 2.75) is 25.0 Å². The molecule has 1 amide bonds. The van der Waals surface area contributed by atoms with Gasteiger partial charge < -0.3 is 14.7 Å². The number of aliphatic hydroxyl groups is 1. The fourth-order valence-electron chi connectivity index (χ4n) is 2.66. The summed E-state index contributed by atoms with van der Waals surface area (Å²) in [5.74, 6) is -0.325. The molecule has 0 spiro atoms. The summed E-state index contributed by atoms with van der Waals surface area (Å²) >= 11 is 0. The number of aromatic nitrogens is 2. The van der Waals surface area contributed by atoms with Crippen molar-refractivity contribution < 1.29 is 19.0 Å². The van der Waals surface area contributed by atoms with E-state index in [0.29, 0.717) is 24.3 Å². The molecule has 1 aromatic carbocycles. The number of likely N-dealkylation sites (tertiary alicyclic amines) is 1. The second-order valence-corrected chi connectivity index (χ2v) is 6.05. The Morgan fingerprint density at radius 3 is 2.88 bits per heavy atom. The van der Waals surface area contributed by atoms with Crippen LogP contribution < -0.4 is 4.74 Å². The van der Waals surface area contributed by atoms with Gasteiger partial charge in [-0.3, -0.25) is 4.79 Å². The van der Waals surface area contributed by atoms with Gasteiger partial charge in [0, 0.05) is 25.0 Å². The zero-order chi connectivity index (χ0) is 17.2. The lowest BCUT2D eigenvalue weighted by Gasteiger charge is -2.42. The van der Waals surface area contributed by atoms with Crippen molar-refractivity contribution in [3.05, 3.63) is 54.4 Å². The molecule has 0 aliphatic carbocycles. The molecule has 2 atom stereocenters. The lowest BCUT2D eigenvalue weighted by molar-refractivity contribution is -0.0882. The molecule has 1 aromatic heterocycles. The van der Waals surface area contributed by atoms with Crippen LogP contribution in [0.4, 0.5) is 4.39 Å². The maximum Gasteiger partial charge on any atom is 0.257 e. The Morgan fingerprint density at radius 2 is 2.17 bits per heavy atom. The minimum atomic E-state index is -1.11. The van der Waals surface area contributed by atoms with Crippen LogP contribution in [-0.4, -0.2) is 50.7 Å².